The van der Waals surface area contributed by atoms with E-state index in [1.807, 2.05) is 80.6 Å². The van der Waals surface area contributed by atoms with Gasteiger partial charge in [0.05, 0.1) is 0 Å². The molecule has 0 spiro atoms. The van der Waals surface area contributed by atoms with Crippen LogP contribution in [-0.2, 0) is 20.7 Å². The number of amides is 3. The minimum Gasteiger partial charge on any atom is -0.444 e. The predicted octanol–water partition coefficient (Wildman–Crippen LogP) is 8.04. The summed E-state index contributed by atoms with van der Waals surface area (Å²) < 4.78 is 5.52. The van der Waals surface area contributed by atoms with Crippen molar-refractivity contribution in [3.8, 4) is 0 Å². The van der Waals surface area contributed by atoms with E-state index >= 15 is 0 Å². The summed E-state index contributed by atoms with van der Waals surface area (Å²) in [5.74, 6) is -0.778. The molecule has 0 heterocycles. The van der Waals surface area contributed by atoms with E-state index in [1.54, 1.807) is 25.7 Å². The number of fused-ring (bicyclic) bond motifs is 1. The molecular formula is C36H49N3O4. The fourth-order valence-electron chi connectivity index (χ4n) is 5.08. The average Bonchev–Trinajstić information content (AvgIpc) is 2.98. The van der Waals surface area contributed by atoms with Gasteiger partial charge < -0.3 is 20.3 Å². The van der Waals surface area contributed by atoms with E-state index in [-0.39, 0.29) is 17.7 Å². The van der Waals surface area contributed by atoms with Crippen molar-refractivity contribution in [2.75, 3.05) is 11.9 Å². The molecule has 7 heteroatoms. The van der Waals surface area contributed by atoms with Gasteiger partial charge in [-0.1, -0.05) is 102 Å². The van der Waals surface area contributed by atoms with Crippen molar-refractivity contribution in [3.05, 3.63) is 77.9 Å². The number of aryl methyl sites for hydroxylation is 1. The van der Waals surface area contributed by atoms with Gasteiger partial charge in [0.2, 0.25) is 5.91 Å². The van der Waals surface area contributed by atoms with Crippen LogP contribution in [0.4, 0.5) is 10.5 Å². The highest BCUT2D eigenvalue weighted by molar-refractivity contribution is 6.00. The Kier molecular flexibility index (Phi) is 12.2. The first-order valence-electron chi connectivity index (χ1n) is 15.7. The maximum Gasteiger partial charge on any atom is 0.408 e. The maximum absolute atomic E-state index is 14.5. The fraction of sp³-hybridized carbons (Fsp3) is 0.472. The van der Waals surface area contributed by atoms with Crippen molar-refractivity contribution in [2.45, 2.75) is 98.3 Å². The van der Waals surface area contributed by atoms with E-state index in [4.69, 9.17) is 4.74 Å². The lowest BCUT2D eigenvalue weighted by Crippen LogP contribution is -2.55. The standard InChI is InChI=1S/C36H49N3O4/c1-8-11-14-23-39(34(41)31(25(4)9-2)38-35(42)43-36(5,6)7)32(28-19-17-26(10-3)18-20-28)33(40)37-30-22-21-27-15-12-13-16-29(27)24-30/h12-13,15-22,24-25,31-32H,8-11,14,23H2,1-7H3,(H,37,40)(H,38,42). The highest BCUT2D eigenvalue weighted by Crippen LogP contribution is 2.28. The summed E-state index contributed by atoms with van der Waals surface area (Å²) in [7, 11) is 0. The highest BCUT2D eigenvalue weighted by Gasteiger charge is 2.38. The molecule has 0 aliphatic rings. The number of carbonyl (C=O) groups is 3. The summed E-state index contributed by atoms with van der Waals surface area (Å²) in [5.41, 5.74) is 1.81. The van der Waals surface area contributed by atoms with Crippen LogP contribution in [0.25, 0.3) is 10.8 Å². The molecule has 0 saturated heterocycles. The number of alkyl carbamates (subject to hydrolysis) is 1. The van der Waals surface area contributed by atoms with E-state index in [2.05, 4.69) is 24.5 Å². The molecule has 0 aliphatic heterocycles. The van der Waals surface area contributed by atoms with E-state index in [0.717, 1.165) is 47.6 Å². The molecule has 232 valence electrons. The number of nitrogens with one attached hydrogen (secondary N) is 2. The first-order valence-corrected chi connectivity index (χ1v) is 15.7. The summed E-state index contributed by atoms with van der Waals surface area (Å²) in [5, 5.41) is 8.03. The Morgan fingerprint density at radius 2 is 1.56 bits per heavy atom. The minimum atomic E-state index is -0.895. The first kappa shape index (κ1) is 33.6. The van der Waals surface area contributed by atoms with E-state index in [9.17, 15) is 14.4 Å². The van der Waals surface area contributed by atoms with Gasteiger partial charge in [-0.25, -0.2) is 4.79 Å². The van der Waals surface area contributed by atoms with Crippen LogP contribution < -0.4 is 10.6 Å². The molecule has 3 unspecified atom stereocenters. The molecule has 43 heavy (non-hydrogen) atoms. The van der Waals surface area contributed by atoms with E-state index in [1.165, 1.54) is 0 Å². The van der Waals surface area contributed by atoms with Gasteiger partial charge in [0.1, 0.15) is 17.7 Å². The number of benzene rings is 3. The lowest BCUT2D eigenvalue weighted by atomic mass is 9.95. The summed E-state index contributed by atoms with van der Waals surface area (Å²) in [6, 6.07) is 19.9. The number of hydrogen-bond acceptors (Lipinski definition) is 4. The van der Waals surface area contributed by atoms with Gasteiger partial charge in [-0.15, -0.1) is 0 Å². The van der Waals surface area contributed by atoms with Gasteiger partial charge in [-0.05, 0) is 73.6 Å². The van der Waals surface area contributed by atoms with Gasteiger partial charge in [0.15, 0.2) is 0 Å². The average molecular weight is 588 g/mol. The normalized spacial score (nSPS) is 13.6. The third kappa shape index (κ3) is 9.57. The number of anilines is 1. The topological polar surface area (TPSA) is 87.7 Å². The van der Waals surface area contributed by atoms with Crippen molar-refractivity contribution in [1.29, 1.82) is 0 Å². The molecule has 3 aromatic carbocycles. The minimum absolute atomic E-state index is 0.180. The zero-order valence-corrected chi connectivity index (χ0v) is 26.9. The molecular weight excluding hydrogens is 538 g/mol. The van der Waals surface area contributed by atoms with E-state index < -0.39 is 23.8 Å². The van der Waals surface area contributed by atoms with Crippen LogP contribution in [0, 0.1) is 5.92 Å². The molecule has 0 bridgehead atoms. The largest absolute Gasteiger partial charge is 0.444 e. The Morgan fingerprint density at radius 1 is 0.884 bits per heavy atom. The van der Waals surface area contributed by atoms with Gasteiger partial charge in [-0.3, -0.25) is 9.59 Å². The predicted molar refractivity (Wildman–Crippen MR) is 175 cm³/mol. The van der Waals surface area contributed by atoms with Gasteiger partial charge in [0, 0.05) is 12.2 Å². The molecule has 3 atom stereocenters. The third-order valence-electron chi connectivity index (χ3n) is 7.72. The Labute approximate surface area is 257 Å². The lowest BCUT2D eigenvalue weighted by Gasteiger charge is -2.36. The van der Waals surface area contributed by atoms with Crippen molar-refractivity contribution in [2.24, 2.45) is 5.92 Å². The van der Waals surface area contributed by atoms with Gasteiger partial charge in [0.25, 0.3) is 5.91 Å². The maximum atomic E-state index is 14.5. The third-order valence-corrected chi connectivity index (χ3v) is 7.72. The van der Waals surface area contributed by atoms with Crippen LogP contribution in [0.2, 0.25) is 0 Å². The Hall–Kier alpha value is -3.87. The Bertz CT molecular complexity index is 1360. The molecule has 0 fully saturated rings. The quantitative estimate of drug-likeness (QED) is 0.198. The molecule has 2 N–H and O–H groups in total. The number of hydrogen-bond donors (Lipinski definition) is 2. The second kappa shape index (κ2) is 15.6. The Morgan fingerprint density at radius 3 is 2.16 bits per heavy atom. The Balaban J connectivity index is 2.05. The van der Waals surface area contributed by atoms with Crippen LogP contribution in [0.3, 0.4) is 0 Å². The fourth-order valence-corrected chi connectivity index (χ4v) is 5.08. The van der Waals surface area contributed by atoms with Crippen LogP contribution in [0.1, 0.15) is 91.3 Å². The molecule has 3 rings (SSSR count). The van der Waals surface area contributed by atoms with Crippen LogP contribution in [0.5, 0.6) is 0 Å². The number of rotatable bonds is 13. The molecule has 3 amide bonds. The molecule has 0 saturated carbocycles. The summed E-state index contributed by atoms with van der Waals surface area (Å²) in [6.07, 6.45) is 3.48. The zero-order valence-electron chi connectivity index (χ0n) is 26.9. The SMILES string of the molecule is CCCCCN(C(=O)C(NC(=O)OC(C)(C)C)C(C)CC)C(C(=O)Nc1ccc2ccccc2c1)c1ccc(CC)cc1. The summed E-state index contributed by atoms with van der Waals surface area (Å²) in [6.45, 7) is 13.8. The van der Waals surface area contributed by atoms with Crippen LogP contribution >= 0.6 is 0 Å². The zero-order chi connectivity index (χ0) is 31.6. The van der Waals surface area contributed by atoms with Crippen LogP contribution in [0.15, 0.2) is 66.7 Å². The molecule has 7 nitrogen and oxygen atoms in total. The number of nitrogens with zero attached hydrogens (tertiary/aromatic N) is 1. The monoisotopic (exact) mass is 587 g/mol. The first-order chi connectivity index (χ1) is 20.5. The molecule has 0 aromatic heterocycles. The van der Waals surface area contributed by atoms with Crippen molar-refractivity contribution >= 4 is 34.4 Å². The number of unbranched alkanes of at least 4 members (excludes halogenated alkanes) is 2. The second-order valence-corrected chi connectivity index (χ2v) is 12.3. The number of carbonyl (C=O) groups excluding carboxylic acids is 3. The van der Waals surface area contributed by atoms with Gasteiger partial charge >= 0.3 is 6.09 Å². The highest BCUT2D eigenvalue weighted by atomic mass is 16.6. The van der Waals surface area contributed by atoms with Crippen molar-refractivity contribution in [3.63, 3.8) is 0 Å². The molecule has 0 radical (unpaired) electrons. The second-order valence-electron chi connectivity index (χ2n) is 12.3. The van der Waals surface area contributed by atoms with Crippen molar-refractivity contribution in [1.82, 2.24) is 10.2 Å². The van der Waals surface area contributed by atoms with Crippen molar-refractivity contribution < 1.29 is 19.1 Å². The molecule has 3 aromatic rings. The van der Waals surface area contributed by atoms with Gasteiger partial charge in [-0.2, -0.15) is 0 Å². The lowest BCUT2D eigenvalue weighted by molar-refractivity contribution is -0.142. The van der Waals surface area contributed by atoms with E-state index in [0.29, 0.717) is 18.7 Å². The smallest absolute Gasteiger partial charge is 0.408 e. The molecule has 0 aliphatic carbocycles. The number of ether oxygens (including phenoxy) is 1. The summed E-state index contributed by atoms with van der Waals surface area (Å²) >= 11 is 0. The summed E-state index contributed by atoms with van der Waals surface area (Å²) in [4.78, 5) is 43.3. The van der Waals surface area contributed by atoms with Crippen LogP contribution in [-0.4, -0.2) is 41.0 Å².